The molecule has 4 aliphatic carbocycles. The van der Waals surface area contributed by atoms with Crippen molar-refractivity contribution in [1.82, 2.24) is 0 Å². The summed E-state index contributed by atoms with van der Waals surface area (Å²) in [4.78, 5) is 0. The smallest absolute Gasteiger partial charge is 0.180 e. The Bertz CT molecular complexity index is 1050. The third-order valence-electron chi connectivity index (χ3n) is 5.73. The van der Waals surface area contributed by atoms with E-state index in [0.717, 1.165) is 25.7 Å². The molecule has 30 heavy (non-hydrogen) atoms. The van der Waals surface area contributed by atoms with Crippen LogP contribution in [-0.2, 0) is 25.7 Å². The van der Waals surface area contributed by atoms with Gasteiger partial charge in [-0.2, -0.15) is 35.4 Å². The molecule has 0 aliphatic heterocycles. The molecular formula is C28H24LiP. The van der Waals surface area contributed by atoms with Crippen molar-refractivity contribution in [1.29, 1.82) is 0 Å². The zero-order valence-electron chi connectivity index (χ0n) is 17.5. The zero-order chi connectivity index (χ0) is 19.5. The average Bonchev–Trinajstić information content (AvgIpc) is 2.78. The molecule has 0 spiro atoms. The molecule has 4 aliphatic rings. The van der Waals surface area contributed by atoms with E-state index in [2.05, 4.69) is 103 Å². The predicted octanol–water partition coefficient (Wildman–Crippen LogP) is 2.13. The van der Waals surface area contributed by atoms with E-state index in [0.29, 0.717) is 0 Å². The summed E-state index contributed by atoms with van der Waals surface area (Å²) < 4.78 is 0. The first kappa shape index (κ1) is 21.2. The van der Waals surface area contributed by atoms with Crippen molar-refractivity contribution in [3.63, 3.8) is 0 Å². The number of rotatable bonds is 3. The number of hydrogen-bond donors (Lipinski definition) is 0. The third kappa shape index (κ3) is 4.63. The summed E-state index contributed by atoms with van der Waals surface area (Å²) >= 11 is 0. The van der Waals surface area contributed by atoms with Gasteiger partial charge in [0.1, 0.15) is 0 Å². The van der Waals surface area contributed by atoms with Crippen LogP contribution in [0.4, 0.5) is 0 Å². The fourth-order valence-corrected chi connectivity index (χ4v) is 6.69. The van der Waals surface area contributed by atoms with E-state index in [1.165, 1.54) is 38.2 Å². The Labute approximate surface area is 193 Å². The minimum Gasteiger partial charge on any atom is -0.180 e. The van der Waals surface area contributed by atoms with E-state index in [4.69, 9.17) is 0 Å². The van der Waals surface area contributed by atoms with E-state index in [1.807, 2.05) is 0 Å². The van der Waals surface area contributed by atoms with Gasteiger partial charge in [0.2, 0.25) is 0 Å². The van der Waals surface area contributed by atoms with Gasteiger partial charge >= 0.3 is 18.9 Å². The van der Waals surface area contributed by atoms with Gasteiger partial charge in [-0.25, -0.2) is 0 Å². The second-order valence-electron chi connectivity index (χ2n) is 7.69. The molecule has 4 aromatic rings. The van der Waals surface area contributed by atoms with E-state index < -0.39 is 7.92 Å². The van der Waals surface area contributed by atoms with Crippen molar-refractivity contribution in [3.8, 4) is 0 Å². The fraction of sp³-hybridized carbons (Fsp3) is 0.143. The number of benzene rings is 4. The molecule has 0 saturated heterocycles. The summed E-state index contributed by atoms with van der Waals surface area (Å²) in [5.41, 5.74) is 5.61. The van der Waals surface area contributed by atoms with Crippen LogP contribution in [0.3, 0.4) is 0 Å². The Kier molecular flexibility index (Phi) is 6.92. The molecule has 0 unspecified atom stereocenters. The molecule has 2 heteroatoms. The molecule has 0 fully saturated rings. The molecule has 4 aromatic carbocycles. The summed E-state index contributed by atoms with van der Waals surface area (Å²) in [5, 5.41) is 4.38. The average molecular weight is 398 g/mol. The van der Waals surface area contributed by atoms with Crippen molar-refractivity contribution >= 4 is 23.8 Å². The van der Waals surface area contributed by atoms with Crippen molar-refractivity contribution in [2.24, 2.45) is 0 Å². The van der Waals surface area contributed by atoms with E-state index in [1.54, 1.807) is 0 Å². The Morgan fingerprint density at radius 1 is 0.600 bits per heavy atom. The maximum absolute atomic E-state index is 3.49. The normalized spacial score (nSPS) is 12.8. The van der Waals surface area contributed by atoms with Crippen molar-refractivity contribution in [3.05, 3.63) is 125 Å². The maximum atomic E-state index is 3.49. The second-order valence-corrected chi connectivity index (χ2v) is 9.88. The quantitative estimate of drug-likeness (QED) is 0.282. The molecule has 0 saturated carbocycles. The summed E-state index contributed by atoms with van der Waals surface area (Å²) in [6.07, 6.45) is 4.25. The van der Waals surface area contributed by atoms with Gasteiger partial charge in [0.05, 0.1) is 0 Å². The van der Waals surface area contributed by atoms with Crippen LogP contribution in [0.5, 0.6) is 0 Å². The van der Waals surface area contributed by atoms with Crippen LogP contribution in [0.25, 0.3) is 0 Å². The van der Waals surface area contributed by atoms with E-state index >= 15 is 0 Å². The Morgan fingerprint density at radius 2 is 1.23 bits per heavy atom. The van der Waals surface area contributed by atoms with Crippen molar-refractivity contribution < 1.29 is 18.9 Å². The molecule has 0 aromatic heterocycles. The van der Waals surface area contributed by atoms with Gasteiger partial charge in [-0.15, -0.1) is 0 Å². The topological polar surface area (TPSA) is 0 Å². The first-order chi connectivity index (χ1) is 14.4. The molecule has 0 amide bonds. The molecule has 0 N–H and O–H groups in total. The van der Waals surface area contributed by atoms with Gasteiger partial charge in [-0.3, -0.25) is 0 Å². The van der Waals surface area contributed by atoms with E-state index in [-0.39, 0.29) is 18.9 Å². The van der Waals surface area contributed by atoms with Crippen molar-refractivity contribution in [2.45, 2.75) is 25.7 Å². The van der Waals surface area contributed by atoms with Gasteiger partial charge in [-0.05, 0) is 54.2 Å². The molecule has 4 bridgehead atoms. The van der Waals surface area contributed by atoms with Gasteiger partial charge in [0.25, 0.3) is 0 Å². The molecule has 0 atom stereocenters. The monoisotopic (exact) mass is 398 g/mol. The van der Waals surface area contributed by atoms with Crippen LogP contribution >= 0.6 is 7.92 Å². The Morgan fingerprint density at radius 3 is 1.87 bits per heavy atom. The van der Waals surface area contributed by atoms with Crippen LogP contribution in [0.1, 0.15) is 22.3 Å². The molecule has 0 heterocycles. The summed E-state index contributed by atoms with van der Waals surface area (Å²) in [7, 11) is -0.564. The zero-order valence-corrected chi connectivity index (χ0v) is 18.4. The van der Waals surface area contributed by atoms with Crippen LogP contribution in [-0.4, -0.2) is 0 Å². The molecule has 0 nitrogen and oxygen atoms in total. The third-order valence-corrected chi connectivity index (χ3v) is 8.25. The molecular weight excluding hydrogens is 374 g/mol. The molecule has 0 radical (unpaired) electrons. The van der Waals surface area contributed by atoms with Crippen LogP contribution in [0, 0.1) is 6.07 Å². The SMILES string of the molecule is [Li+].[c-]1cc2ccc1CCc1ccc(c(P(c3ccccc3)c3ccccc3)c1)CC2. The van der Waals surface area contributed by atoms with Gasteiger partial charge < -0.3 is 0 Å². The minimum absolute atomic E-state index is 0. The number of aryl methyl sites for hydroxylation is 4. The largest absolute Gasteiger partial charge is 1.00 e. The molecule has 142 valence electrons. The fourth-order valence-electron chi connectivity index (χ4n) is 4.12. The van der Waals surface area contributed by atoms with E-state index in [9.17, 15) is 0 Å². The first-order valence-electron chi connectivity index (χ1n) is 10.4. The predicted molar refractivity (Wildman–Crippen MR) is 125 cm³/mol. The minimum atomic E-state index is -0.564. The van der Waals surface area contributed by atoms with Crippen LogP contribution in [0.15, 0.2) is 97.1 Å². The summed E-state index contributed by atoms with van der Waals surface area (Å²) in [6.45, 7) is 0. The Hall–Kier alpha value is -2.09. The maximum Gasteiger partial charge on any atom is 1.00 e. The summed E-state index contributed by atoms with van der Waals surface area (Å²) in [5.74, 6) is 0. The first-order valence-corrected chi connectivity index (χ1v) is 11.7. The van der Waals surface area contributed by atoms with Crippen LogP contribution in [0.2, 0.25) is 0 Å². The van der Waals surface area contributed by atoms with Crippen LogP contribution < -0.4 is 34.8 Å². The van der Waals surface area contributed by atoms with Crippen molar-refractivity contribution in [2.75, 3.05) is 0 Å². The standard InChI is InChI=1S/C28H24P.Li/c1-3-7-26(8-4-1)29(27-9-5-2-6-10-27)28-21-24-16-15-22-11-13-23(14-12-22)17-19-25(28)20-18-24;/h1-11,13-14,18,20-21H,15-17,19H2;/q-1;+1. The Balaban J connectivity index is 0.00000218. The molecule has 8 rings (SSSR count). The van der Waals surface area contributed by atoms with Gasteiger partial charge in [-0.1, -0.05) is 85.3 Å². The second kappa shape index (κ2) is 9.81. The van der Waals surface area contributed by atoms with Gasteiger partial charge in [0, 0.05) is 0 Å². The number of hydrogen-bond acceptors (Lipinski definition) is 0. The summed E-state index contributed by atoms with van der Waals surface area (Å²) in [6, 6.07) is 39.6. The van der Waals surface area contributed by atoms with Gasteiger partial charge in [0.15, 0.2) is 0 Å².